The molecule has 0 saturated carbocycles. The Hall–Kier alpha value is -1.18. The molecule has 1 rings (SSSR count). The van der Waals surface area contributed by atoms with Crippen molar-refractivity contribution in [3.05, 3.63) is 29.3 Å². The van der Waals surface area contributed by atoms with E-state index in [1.807, 2.05) is 19.1 Å². The van der Waals surface area contributed by atoms with E-state index in [2.05, 4.69) is 5.32 Å². The smallest absolute Gasteiger partial charge is 0.210 e. The first-order chi connectivity index (χ1) is 7.81. The van der Waals surface area contributed by atoms with Gasteiger partial charge in [0.25, 0.3) is 0 Å². The van der Waals surface area contributed by atoms with Crippen LogP contribution in [0.15, 0.2) is 18.2 Å². The molecule has 1 aromatic carbocycles. The highest BCUT2D eigenvalue weighted by Crippen LogP contribution is 2.20. The Balaban J connectivity index is 2.86. The van der Waals surface area contributed by atoms with Gasteiger partial charge >= 0.3 is 0 Å². The summed E-state index contributed by atoms with van der Waals surface area (Å²) in [6, 6.07) is 5.52. The predicted octanol–water partition coefficient (Wildman–Crippen LogP) is 0.330. The average Bonchev–Trinajstić information content (AvgIpc) is 2.18. The molecule has 0 bridgehead atoms. The van der Waals surface area contributed by atoms with Crippen LogP contribution in [0.3, 0.4) is 0 Å². The van der Waals surface area contributed by atoms with Gasteiger partial charge in [0.15, 0.2) is 0 Å². The van der Waals surface area contributed by atoms with E-state index in [0.29, 0.717) is 5.56 Å². The van der Waals surface area contributed by atoms with Crippen molar-refractivity contribution in [2.24, 2.45) is 10.9 Å². The normalized spacial score (nSPS) is 11.2. The zero-order valence-electron chi connectivity index (χ0n) is 9.43. The molecule has 0 aliphatic rings. The molecule has 94 valence electrons. The van der Waals surface area contributed by atoms with E-state index in [1.54, 1.807) is 6.07 Å². The van der Waals surface area contributed by atoms with E-state index >= 15 is 0 Å². The Labute approximate surface area is 106 Å². The topological polar surface area (TPSA) is 98.2 Å². The third-order valence-corrected chi connectivity index (χ3v) is 3.22. The summed E-state index contributed by atoms with van der Waals surface area (Å²) < 4.78 is 21.6. The summed E-state index contributed by atoms with van der Waals surface area (Å²) in [5.74, 6) is -0.141. The summed E-state index contributed by atoms with van der Waals surface area (Å²) in [6.45, 7) is 2.11. The molecular formula is C10H15N3O2S2. The first kappa shape index (κ1) is 13.9. The molecule has 0 amide bonds. The lowest BCUT2D eigenvalue weighted by molar-refractivity contribution is 0.598. The Bertz CT molecular complexity index is 526. The summed E-state index contributed by atoms with van der Waals surface area (Å²) in [5.41, 5.74) is 7.99. The molecule has 1 aromatic rings. The second-order valence-corrected chi connectivity index (χ2v) is 5.83. The van der Waals surface area contributed by atoms with Crippen LogP contribution in [0.4, 0.5) is 5.69 Å². The van der Waals surface area contributed by atoms with Gasteiger partial charge in [0.2, 0.25) is 10.0 Å². The van der Waals surface area contributed by atoms with Crippen molar-refractivity contribution in [2.75, 3.05) is 17.6 Å². The number of sulfonamides is 1. The van der Waals surface area contributed by atoms with Gasteiger partial charge in [0, 0.05) is 17.8 Å². The number of para-hydroxylation sites is 1. The Morgan fingerprint density at radius 3 is 2.65 bits per heavy atom. The Morgan fingerprint density at radius 1 is 1.47 bits per heavy atom. The summed E-state index contributed by atoms with van der Waals surface area (Å²) in [5, 5.41) is 7.91. The number of benzene rings is 1. The first-order valence-corrected chi connectivity index (χ1v) is 7.07. The number of primary sulfonamides is 1. The molecule has 0 aliphatic heterocycles. The standard InChI is InChI=1S/C10H15N3O2S2/c1-7-3-2-4-8(10(11)16)9(7)13-5-6-17(12,14)15/h2-4,13H,5-6H2,1H3,(H2,11,16)(H2,12,14,15). The Morgan fingerprint density at radius 2 is 2.12 bits per heavy atom. The molecule has 0 heterocycles. The van der Waals surface area contributed by atoms with E-state index < -0.39 is 10.0 Å². The number of anilines is 1. The third kappa shape index (κ3) is 4.29. The summed E-state index contributed by atoms with van der Waals surface area (Å²) in [4.78, 5) is 0.270. The molecule has 5 N–H and O–H groups in total. The fourth-order valence-corrected chi connectivity index (χ4v) is 1.98. The molecule has 17 heavy (non-hydrogen) atoms. The lowest BCUT2D eigenvalue weighted by atomic mass is 10.1. The number of hydrogen-bond donors (Lipinski definition) is 3. The molecule has 7 heteroatoms. The van der Waals surface area contributed by atoms with Crippen LogP contribution in [0.1, 0.15) is 11.1 Å². The van der Waals surface area contributed by atoms with E-state index in [-0.39, 0.29) is 17.3 Å². The van der Waals surface area contributed by atoms with Gasteiger partial charge in [-0.2, -0.15) is 0 Å². The molecule has 0 aliphatic carbocycles. The minimum absolute atomic E-state index is 0.141. The van der Waals surface area contributed by atoms with Crippen LogP contribution in [0.25, 0.3) is 0 Å². The SMILES string of the molecule is Cc1cccc(C(N)=S)c1NCCS(N)(=O)=O. The number of rotatable bonds is 5. The summed E-state index contributed by atoms with van der Waals surface area (Å²) in [7, 11) is -3.47. The monoisotopic (exact) mass is 273 g/mol. The minimum atomic E-state index is -3.47. The number of hydrogen-bond acceptors (Lipinski definition) is 4. The largest absolute Gasteiger partial charge is 0.389 e. The fourth-order valence-electron chi connectivity index (χ4n) is 1.43. The molecule has 5 nitrogen and oxygen atoms in total. The molecule has 0 fully saturated rings. The highest BCUT2D eigenvalue weighted by atomic mass is 32.2. The second kappa shape index (κ2) is 5.44. The van der Waals surface area contributed by atoms with Crippen molar-refractivity contribution < 1.29 is 8.42 Å². The third-order valence-electron chi connectivity index (χ3n) is 2.23. The molecule has 0 aromatic heterocycles. The highest BCUT2D eigenvalue weighted by molar-refractivity contribution is 7.89. The molecule has 0 unspecified atom stereocenters. The van der Waals surface area contributed by atoms with Gasteiger partial charge in [-0.05, 0) is 18.6 Å². The second-order valence-electron chi connectivity index (χ2n) is 3.66. The maximum absolute atomic E-state index is 10.8. The molecule has 0 spiro atoms. The average molecular weight is 273 g/mol. The van der Waals surface area contributed by atoms with Gasteiger partial charge in [0.05, 0.1) is 5.75 Å². The van der Waals surface area contributed by atoms with Gasteiger partial charge < -0.3 is 11.1 Å². The quantitative estimate of drug-likeness (QED) is 0.672. The number of aryl methyl sites for hydroxylation is 1. The maximum Gasteiger partial charge on any atom is 0.210 e. The van der Waals surface area contributed by atoms with Crippen LogP contribution in [0.5, 0.6) is 0 Å². The highest BCUT2D eigenvalue weighted by Gasteiger charge is 2.08. The van der Waals surface area contributed by atoms with E-state index in [9.17, 15) is 8.42 Å². The van der Waals surface area contributed by atoms with E-state index in [1.165, 1.54) is 0 Å². The van der Waals surface area contributed by atoms with Gasteiger partial charge in [-0.1, -0.05) is 24.4 Å². The van der Waals surface area contributed by atoms with Crippen LogP contribution in [0.2, 0.25) is 0 Å². The van der Waals surface area contributed by atoms with Gasteiger partial charge in [-0.15, -0.1) is 0 Å². The predicted molar refractivity (Wildman–Crippen MR) is 73.5 cm³/mol. The fraction of sp³-hybridized carbons (Fsp3) is 0.300. The molecule has 0 radical (unpaired) electrons. The first-order valence-electron chi connectivity index (χ1n) is 4.95. The summed E-state index contributed by atoms with van der Waals surface area (Å²) in [6.07, 6.45) is 0. The van der Waals surface area contributed by atoms with Gasteiger partial charge in [0.1, 0.15) is 4.99 Å². The van der Waals surface area contributed by atoms with Crippen molar-refractivity contribution in [1.29, 1.82) is 0 Å². The van der Waals surface area contributed by atoms with Crippen LogP contribution in [0, 0.1) is 6.92 Å². The van der Waals surface area contributed by atoms with Gasteiger partial charge in [-0.3, -0.25) is 0 Å². The Kier molecular flexibility index (Phi) is 4.44. The van der Waals surface area contributed by atoms with Crippen molar-refractivity contribution in [3.8, 4) is 0 Å². The van der Waals surface area contributed by atoms with Crippen molar-refractivity contribution in [3.63, 3.8) is 0 Å². The van der Waals surface area contributed by atoms with Crippen LogP contribution < -0.4 is 16.2 Å². The zero-order valence-corrected chi connectivity index (χ0v) is 11.1. The molecule has 0 atom stereocenters. The van der Waals surface area contributed by atoms with Crippen LogP contribution in [-0.4, -0.2) is 25.7 Å². The number of nitrogens with one attached hydrogen (secondary N) is 1. The van der Waals surface area contributed by atoms with Crippen molar-refractivity contribution in [2.45, 2.75) is 6.92 Å². The maximum atomic E-state index is 10.8. The van der Waals surface area contributed by atoms with Gasteiger partial charge in [-0.25, -0.2) is 13.6 Å². The lowest BCUT2D eigenvalue weighted by Crippen LogP contribution is -2.23. The summed E-state index contributed by atoms with van der Waals surface area (Å²) >= 11 is 4.93. The molecule has 0 saturated heterocycles. The van der Waals surface area contributed by atoms with Crippen molar-refractivity contribution in [1.82, 2.24) is 0 Å². The van der Waals surface area contributed by atoms with E-state index in [0.717, 1.165) is 11.3 Å². The lowest BCUT2D eigenvalue weighted by Gasteiger charge is -2.13. The zero-order chi connectivity index (χ0) is 13.1. The van der Waals surface area contributed by atoms with Crippen LogP contribution in [-0.2, 0) is 10.0 Å². The van der Waals surface area contributed by atoms with Crippen molar-refractivity contribution >= 4 is 32.9 Å². The minimum Gasteiger partial charge on any atom is -0.389 e. The molecular weight excluding hydrogens is 258 g/mol. The number of thiocarbonyl (C=S) groups is 1. The van der Waals surface area contributed by atoms with Crippen LogP contribution >= 0.6 is 12.2 Å². The number of nitrogens with two attached hydrogens (primary N) is 2. The van der Waals surface area contributed by atoms with E-state index in [4.69, 9.17) is 23.1 Å².